The lowest BCUT2D eigenvalue weighted by molar-refractivity contribution is 0.670. The molecule has 1 nitrogen and oxygen atoms in total. The molecular formula is C50H30O. The minimum Gasteiger partial charge on any atom is -0.456 e. The van der Waals surface area contributed by atoms with Crippen molar-refractivity contribution >= 4 is 75.8 Å². The predicted molar refractivity (Wildman–Crippen MR) is 218 cm³/mol. The van der Waals surface area contributed by atoms with Gasteiger partial charge in [-0.3, -0.25) is 0 Å². The summed E-state index contributed by atoms with van der Waals surface area (Å²) in [6, 6.07) is 66.4. The van der Waals surface area contributed by atoms with Gasteiger partial charge in [-0.1, -0.05) is 140 Å². The first-order chi connectivity index (χ1) is 25.2. The van der Waals surface area contributed by atoms with Crippen LogP contribution < -0.4 is 0 Å². The second-order valence-electron chi connectivity index (χ2n) is 13.7. The quantitative estimate of drug-likeness (QED) is 0.174. The first-order valence-electron chi connectivity index (χ1n) is 17.6. The van der Waals surface area contributed by atoms with Gasteiger partial charge < -0.3 is 4.42 Å². The van der Waals surface area contributed by atoms with Crippen LogP contribution in [0.1, 0.15) is 0 Å². The van der Waals surface area contributed by atoms with Crippen molar-refractivity contribution in [3.8, 4) is 33.4 Å². The number of fused-ring (bicyclic) bond motifs is 8. The predicted octanol–water partition coefficient (Wildman–Crippen LogP) is 14.4. The molecule has 1 heterocycles. The van der Waals surface area contributed by atoms with Crippen LogP contribution in [0.3, 0.4) is 0 Å². The second kappa shape index (κ2) is 10.9. The Morgan fingerprint density at radius 3 is 1.22 bits per heavy atom. The Morgan fingerprint density at radius 1 is 0.235 bits per heavy atom. The molecule has 0 saturated carbocycles. The van der Waals surface area contributed by atoms with E-state index in [4.69, 9.17) is 4.42 Å². The van der Waals surface area contributed by atoms with Crippen LogP contribution in [-0.2, 0) is 0 Å². The van der Waals surface area contributed by atoms with Crippen molar-refractivity contribution in [1.82, 2.24) is 0 Å². The molecule has 0 saturated heterocycles. The largest absolute Gasteiger partial charge is 0.456 e. The van der Waals surface area contributed by atoms with Gasteiger partial charge in [0.2, 0.25) is 0 Å². The molecule has 11 rings (SSSR count). The van der Waals surface area contributed by atoms with E-state index >= 15 is 0 Å². The average molecular weight is 647 g/mol. The summed E-state index contributed by atoms with van der Waals surface area (Å²) in [5.74, 6) is 0. The number of benzene rings is 10. The van der Waals surface area contributed by atoms with Crippen molar-refractivity contribution in [3.05, 3.63) is 182 Å². The lowest BCUT2D eigenvalue weighted by Gasteiger charge is -2.18. The van der Waals surface area contributed by atoms with E-state index in [1.165, 1.54) is 87.2 Å². The minimum absolute atomic E-state index is 0.924. The third-order valence-corrected chi connectivity index (χ3v) is 10.8. The van der Waals surface area contributed by atoms with E-state index in [1.54, 1.807) is 0 Å². The Bertz CT molecular complexity index is 3130. The van der Waals surface area contributed by atoms with Crippen molar-refractivity contribution < 1.29 is 4.42 Å². The van der Waals surface area contributed by atoms with Crippen molar-refractivity contribution in [2.45, 2.75) is 0 Å². The van der Waals surface area contributed by atoms with Crippen LogP contribution in [0, 0.1) is 0 Å². The van der Waals surface area contributed by atoms with Crippen LogP contribution in [-0.4, -0.2) is 0 Å². The van der Waals surface area contributed by atoms with Crippen LogP contribution in [0.15, 0.2) is 186 Å². The number of hydrogen-bond donors (Lipinski definition) is 0. The molecule has 1 aromatic heterocycles. The van der Waals surface area contributed by atoms with Gasteiger partial charge in [-0.05, 0) is 130 Å². The zero-order chi connectivity index (χ0) is 33.5. The summed E-state index contributed by atoms with van der Waals surface area (Å²) < 4.78 is 6.40. The van der Waals surface area contributed by atoms with Gasteiger partial charge in [-0.15, -0.1) is 0 Å². The maximum absolute atomic E-state index is 6.40. The summed E-state index contributed by atoms with van der Waals surface area (Å²) in [5, 5.41) is 14.7. The van der Waals surface area contributed by atoms with E-state index in [1.807, 2.05) is 0 Å². The van der Waals surface area contributed by atoms with Gasteiger partial charge >= 0.3 is 0 Å². The third-order valence-electron chi connectivity index (χ3n) is 10.8. The third kappa shape index (κ3) is 4.42. The van der Waals surface area contributed by atoms with Gasteiger partial charge in [0.25, 0.3) is 0 Å². The summed E-state index contributed by atoms with van der Waals surface area (Å²) in [4.78, 5) is 0. The Kier molecular flexibility index (Phi) is 6.02. The summed E-state index contributed by atoms with van der Waals surface area (Å²) >= 11 is 0. The molecule has 0 spiro atoms. The molecule has 0 bridgehead atoms. The monoisotopic (exact) mass is 646 g/mol. The van der Waals surface area contributed by atoms with Crippen molar-refractivity contribution in [1.29, 1.82) is 0 Å². The lowest BCUT2D eigenvalue weighted by Crippen LogP contribution is -1.90. The lowest BCUT2D eigenvalue weighted by atomic mass is 9.85. The summed E-state index contributed by atoms with van der Waals surface area (Å²) in [5.41, 5.74) is 9.31. The highest BCUT2D eigenvalue weighted by molar-refractivity contribution is 6.22. The molecule has 0 unspecified atom stereocenters. The first kappa shape index (κ1) is 28.2. The fourth-order valence-electron chi connectivity index (χ4n) is 8.32. The van der Waals surface area contributed by atoms with E-state index in [0.29, 0.717) is 0 Å². The topological polar surface area (TPSA) is 13.1 Å². The van der Waals surface area contributed by atoms with Crippen LogP contribution >= 0.6 is 0 Å². The molecule has 1 heteroatoms. The normalized spacial score (nSPS) is 11.9. The van der Waals surface area contributed by atoms with Gasteiger partial charge in [0.15, 0.2) is 0 Å². The molecule has 0 aliphatic heterocycles. The molecule has 51 heavy (non-hydrogen) atoms. The minimum atomic E-state index is 0.924. The van der Waals surface area contributed by atoms with Gasteiger partial charge in [0.05, 0.1) is 0 Å². The summed E-state index contributed by atoms with van der Waals surface area (Å²) in [6.45, 7) is 0. The van der Waals surface area contributed by atoms with Gasteiger partial charge in [-0.2, -0.15) is 0 Å². The average Bonchev–Trinajstić information content (AvgIpc) is 3.53. The molecule has 10 aromatic carbocycles. The van der Waals surface area contributed by atoms with Crippen molar-refractivity contribution in [2.24, 2.45) is 0 Å². The molecule has 0 amide bonds. The standard InChI is InChI=1S/C50H30O/c1-2-10-31(11-3-1)49-41-14-6-8-16-43(41)50(44-17-9-7-15-42(44)49)39-23-22-35-24-34(18-19-36(35)25-39)37-20-21-38-28-46-45-27-32-12-4-5-13-33(32)29-47(45)51-48(46)30-40(38)26-37/h1-30H. The Balaban J connectivity index is 1.02. The Hall–Kier alpha value is -6.70. The maximum atomic E-state index is 6.40. The Morgan fingerprint density at radius 2 is 0.627 bits per heavy atom. The molecule has 0 radical (unpaired) electrons. The smallest absolute Gasteiger partial charge is 0.136 e. The highest BCUT2D eigenvalue weighted by Crippen LogP contribution is 2.44. The Labute approximate surface area is 294 Å². The zero-order valence-corrected chi connectivity index (χ0v) is 27.7. The van der Waals surface area contributed by atoms with Gasteiger partial charge in [0, 0.05) is 10.8 Å². The summed E-state index contributed by atoms with van der Waals surface area (Å²) in [7, 11) is 0. The van der Waals surface area contributed by atoms with Crippen molar-refractivity contribution in [3.63, 3.8) is 0 Å². The highest BCUT2D eigenvalue weighted by Gasteiger charge is 2.17. The number of furan rings is 1. The van der Waals surface area contributed by atoms with E-state index < -0.39 is 0 Å². The second-order valence-corrected chi connectivity index (χ2v) is 13.7. The van der Waals surface area contributed by atoms with Crippen molar-refractivity contribution in [2.75, 3.05) is 0 Å². The highest BCUT2D eigenvalue weighted by atomic mass is 16.3. The molecule has 0 N–H and O–H groups in total. The summed E-state index contributed by atoms with van der Waals surface area (Å²) in [6.07, 6.45) is 0. The number of hydrogen-bond acceptors (Lipinski definition) is 1. The molecule has 0 aliphatic rings. The molecular weight excluding hydrogens is 617 g/mol. The molecule has 236 valence electrons. The van der Waals surface area contributed by atoms with Crippen LogP contribution in [0.4, 0.5) is 0 Å². The fourth-order valence-corrected chi connectivity index (χ4v) is 8.32. The van der Waals surface area contributed by atoms with E-state index in [0.717, 1.165) is 21.9 Å². The van der Waals surface area contributed by atoms with Crippen LogP contribution in [0.5, 0.6) is 0 Å². The van der Waals surface area contributed by atoms with E-state index in [9.17, 15) is 0 Å². The first-order valence-corrected chi connectivity index (χ1v) is 17.6. The molecule has 11 aromatic rings. The molecule has 0 atom stereocenters. The van der Waals surface area contributed by atoms with E-state index in [2.05, 4.69) is 182 Å². The molecule has 0 aliphatic carbocycles. The van der Waals surface area contributed by atoms with E-state index in [-0.39, 0.29) is 0 Å². The van der Waals surface area contributed by atoms with Crippen LogP contribution in [0.25, 0.3) is 109 Å². The van der Waals surface area contributed by atoms with Crippen LogP contribution in [0.2, 0.25) is 0 Å². The fraction of sp³-hybridized carbons (Fsp3) is 0. The van der Waals surface area contributed by atoms with Gasteiger partial charge in [0.1, 0.15) is 11.2 Å². The van der Waals surface area contributed by atoms with Gasteiger partial charge in [-0.25, -0.2) is 0 Å². The SMILES string of the molecule is c1ccc(-c2c3ccccc3c(-c3ccc4cc(-c5ccc6cc7c(cc6c5)oc5cc6ccccc6cc57)ccc4c3)c3ccccc23)cc1. The number of rotatable bonds is 3. The molecule has 0 fully saturated rings. The zero-order valence-electron chi connectivity index (χ0n) is 27.7. The maximum Gasteiger partial charge on any atom is 0.136 e.